The molecule has 0 bridgehead atoms. The fraction of sp³-hybridized carbons (Fsp3) is 0.421. The molecule has 1 aliphatic rings. The molecule has 1 saturated heterocycles. The lowest BCUT2D eigenvalue weighted by atomic mass is 9.96. The number of thioether (sulfide) groups is 1. The predicted octanol–water partition coefficient (Wildman–Crippen LogP) is 3.79. The molecule has 3 aromatic rings. The second-order valence-corrected chi connectivity index (χ2v) is 15.0. The summed E-state index contributed by atoms with van der Waals surface area (Å²) in [4.78, 5) is 55.0. The van der Waals surface area contributed by atoms with Crippen molar-refractivity contribution in [1.82, 2.24) is 20.9 Å². The Balaban J connectivity index is 1.49. The number of β-amino-alcohol motifs (C(OH)–C–C–N with tert-alkyl or cyclic N) is 1. The van der Waals surface area contributed by atoms with Crippen LogP contribution in [0.2, 0.25) is 0 Å². The number of hydrogen-bond donors (Lipinski definition) is 5. The van der Waals surface area contributed by atoms with Gasteiger partial charge in [0.1, 0.15) is 12.6 Å². The van der Waals surface area contributed by atoms with E-state index in [1.54, 1.807) is 23.9 Å². The summed E-state index contributed by atoms with van der Waals surface area (Å²) in [7, 11) is 0. The quantitative estimate of drug-likeness (QED) is 0.160. The average molecular weight is 704 g/mol. The van der Waals surface area contributed by atoms with Crippen molar-refractivity contribution in [3.63, 3.8) is 0 Å². The Morgan fingerprint density at radius 3 is 2.12 bits per heavy atom. The standard InChI is InChI=1S/C38H49N5O6S/c1-38(2,3)42-36(47)32-22-29(50-28-17-11-6-12-18-28)19-20-43(32)24-33(44)30(21-26-13-7-4-8-14-26)40-35(46)31(23-34(39)45)41-37(48)49-25-27-15-9-5-10-16-27/h4-18,29-33,44H,19-25H2,1-3H3,(H2,39,45)(H,40,46)(H,41,48)(H,42,47)/t29-,30+,31+,32+,33-/m1/s1. The normalized spacial score (nSPS) is 18.2. The van der Waals surface area contributed by atoms with Crippen molar-refractivity contribution in [3.05, 3.63) is 102 Å². The van der Waals surface area contributed by atoms with E-state index in [0.717, 1.165) is 22.4 Å². The van der Waals surface area contributed by atoms with Crippen LogP contribution in [0.1, 0.15) is 51.2 Å². The number of primary amides is 1. The Labute approximate surface area is 298 Å². The van der Waals surface area contributed by atoms with Crippen LogP contribution in [-0.2, 0) is 32.1 Å². The molecule has 3 aromatic carbocycles. The molecule has 50 heavy (non-hydrogen) atoms. The monoisotopic (exact) mass is 703 g/mol. The maximum absolute atomic E-state index is 13.7. The van der Waals surface area contributed by atoms with Crippen molar-refractivity contribution < 1.29 is 29.0 Å². The number of carbonyl (C=O) groups excluding carboxylic acids is 4. The topological polar surface area (TPSA) is 163 Å². The SMILES string of the molecule is CC(C)(C)NC(=O)[C@@H]1C[C@H](Sc2ccccc2)CCN1C[C@@H](O)[C@H](Cc1ccccc1)NC(=O)[C@H](CC(N)=O)NC(=O)OCc1ccccc1. The summed E-state index contributed by atoms with van der Waals surface area (Å²) in [6, 6.07) is 25.8. The fourth-order valence-corrected chi connectivity index (χ4v) is 7.04. The number of nitrogens with one attached hydrogen (secondary N) is 3. The number of ether oxygens (including phenoxy) is 1. The number of benzene rings is 3. The molecule has 4 amide bonds. The molecular weight excluding hydrogens is 655 g/mol. The minimum absolute atomic E-state index is 0.0303. The Bertz CT molecular complexity index is 1540. The lowest BCUT2D eigenvalue weighted by molar-refractivity contribution is -0.130. The van der Waals surface area contributed by atoms with E-state index in [1.807, 2.05) is 92.4 Å². The molecule has 6 N–H and O–H groups in total. The molecule has 268 valence electrons. The Hall–Kier alpha value is -4.39. The Morgan fingerprint density at radius 1 is 0.920 bits per heavy atom. The summed E-state index contributed by atoms with van der Waals surface area (Å²) < 4.78 is 5.28. The Kier molecular flexibility index (Phi) is 14.3. The summed E-state index contributed by atoms with van der Waals surface area (Å²) in [5, 5.41) is 20.4. The zero-order valence-corrected chi connectivity index (χ0v) is 29.7. The van der Waals surface area contributed by atoms with Crippen molar-refractivity contribution in [2.75, 3.05) is 13.1 Å². The molecule has 11 nitrogen and oxygen atoms in total. The molecule has 0 aromatic heterocycles. The second-order valence-electron chi connectivity index (χ2n) is 13.6. The zero-order chi connectivity index (χ0) is 36.1. The number of hydrogen-bond acceptors (Lipinski definition) is 8. The third kappa shape index (κ3) is 12.8. The molecule has 0 aliphatic carbocycles. The van der Waals surface area contributed by atoms with E-state index >= 15 is 0 Å². The minimum atomic E-state index is -1.34. The van der Waals surface area contributed by atoms with Crippen molar-refractivity contribution in [3.8, 4) is 0 Å². The highest BCUT2D eigenvalue weighted by Gasteiger charge is 2.38. The van der Waals surface area contributed by atoms with Crippen molar-refractivity contribution in [2.24, 2.45) is 5.73 Å². The molecule has 0 unspecified atom stereocenters. The summed E-state index contributed by atoms with van der Waals surface area (Å²) >= 11 is 1.75. The van der Waals surface area contributed by atoms with E-state index in [2.05, 4.69) is 28.1 Å². The highest BCUT2D eigenvalue weighted by molar-refractivity contribution is 8.00. The first-order valence-corrected chi connectivity index (χ1v) is 17.8. The number of nitrogens with two attached hydrogens (primary N) is 1. The van der Waals surface area contributed by atoms with E-state index in [1.165, 1.54) is 0 Å². The van der Waals surface area contributed by atoms with Gasteiger partial charge in [-0.3, -0.25) is 19.3 Å². The minimum Gasteiger partial charge on any atom is -0.445 e. The van der Waals surface area contributed by atoms with Crippen LogP contribution in [0.15, 0.2) is 95.9 Å². The number of aliphatic hydroxyl groups excluding tert-OH is 1. The van der Waals surface area contributed by atoms with Crippen molar-refractivity contribution in [2.45, 2.75) is 93.0 Å². The van der Waals surface area contributed by atoms with Gasteiger partial charge >= 0.3 is 6.09 Å². The molecule has 0 radical (unpaired) electrons. The number of carbonyl (C=O) groups is 4. The van der Waals surface area contributed by atoms with Gasteiger partial charge in [-0.25, -0.2) is 4.79 Å². The predicted molar refractivity (Wildman–Crippen MR) is 194 cm³/mol. The van der Waals surface area contributed by atoms with Gasteiger partial charge in [-0.1, -0.05) is 78.9 Å². The van der Waals surface area contributed by atoms with Crippen LogP contribution in [0.3, 0.4) is 0 Å². The number of piperidine rings is 1. The van der Waals surface area contributed by atoms with Gasteiger partial charge in [0, 0.05) is 28.8 Å². The van der Waals surface area contributed by atoms with Gasteiger partial charge in [-0.05, 0) is 63.3 Å². The van der Waals surface area contributed by atoms with Gasteiger partial charge in [-0.2, -0.15) is 0 Å². The van der Waals surface area contributed by atoms with Gasteiger partial charge in [0.15, 0.2) is 0 Å². The number of rotatable bonds is 15. The van der Waals surface area contributed by atoms with Crippen molar-refractivity contribution >= 4 is 35.6 Å². The molecule has 1 heterocycles. The van der Waals surface area contributed by atoms with Crippen LogP contribution >= 0.6 is 11.8 Å². The van der Waals surface area contributed by atoms with Crippen LogP contribution in [0, 0.1) is 0 Å². The zero-order valence-electron chi connectivity index (χ0n) is 28.9. The summed E-state index contributed by atoms with van der Waals surface area (Å²) in [5.74, 6) is -1.61. The van der Waals surface area contributed by atoms with Gasteiger partial charge in [-0.15, -0.1) is 11.8 Å². The van der Waals surface area contributed by atoms with E-state index in [9.17, 15) is 24.3 Å². The first-order valence-electron chi connectivity index (χ1n) is 16.9. The number of nitrogens with zero attached hydrogens (tertiary/aromatic N) is 1. The fourth-order valence-electron chi connectivity index (χ4n) is 5.84. The average Bonchev–Trinajstić information content (AvgIpc) is 3.07. The van der Waals surface area contributed by atoms with Crippen LogP contribution < -0.4 is 21.7 Å². The largest absolute Gasteiger partial charge is 0.445 e. The third-order valence-electron chi connectivity index (χ3n) is 8.25. The summed E-state index contributed by atoms with van der Waals surface area (Å²) in [5.41, 5.74) is 6.61. The lowest BCUT2D eigenvalue weighted by Gasteiger charge is -2.41. The number of alkyl carbamates (subject to hydrolysis) is 1. The van der Waals surface area contributed by atoms with E-state index in [0.29, 0.717) is 13.0 Å². The Morgan fingerprint density at radius 2 is 1.52 bits per heavy atom. The third-order valence-corrected chi connectivity index (χ3v) is 9.56. The first-order chi connectivity index (χ1) is 23.9. The lowest BCUT2D eigenvalue weighted by Crippen LogP contribution is -2.60. The molecule has 4 rings (SSSR count). The maximum Gasteiger partial charge on any atom is 0.408 e. The number of amides is 4. The van der Waals surface area contributed by atoms with Crippen LogP contribution in [-0.4, -0.2) is 81.9 Å². The van der Waals surface area contributed by atoms with Gasteiger partial charge in [0.05, 0.1) is 24.6 Å². The molecule has 1 aliphatic heterocycles. The summed E-state index contributed by atoms with van der Waals surface area (Å²) in [6.45, 7) is 6.44. The van der Waals surface area contributed by atoms with Crippen LogP contribution in [0.5, 0.6) is 0 Å². The first kappa shape index (κ1) is 38.4. The highest BCUT2D eigenvalue weighted by Crippen LogP contribution is 2.33. The van der Waals surface area contributed by atoms with E-state index in [4.69, 9.17) is 10.5 Å². The van der Waals surface area contributed by atoms with Crippen LogP contribution in [0.4, 0.5) is 4.79 Å². The van der Waals surface area contributed by atoms with Gasteiger partial charge < -0.3 is 31.5 Å². The molecule has 0 spiro atoms. The van der Waals surface area contributed by atoms with Crippen molar-refractivity contribution in [1.29, 1.82) is 0 Å². The van der Waals surface area contributed by atoms with E-state index < -0.39 is 54.1 Å². The van der Waals surface area contributed by atoms with Crippen LogP contribution in [0.25, 0.3) is 0 Å². The second kappa shape index (κ2) is 18.6. The number of aliphatic hydroxyl groups is 1. The maximum atomic E-state index is 13.7. The smallest absolute Gasteiger partial charge is 0.408 e. The molecule has 5 atom stereocenters. The molecule has 0 saturated carbocycles. The highest BCUT2D eigenvalue weighted by atomic mass is 32.2. The molecular formula is C38H49N5O6S. The summed E-state index contributed by atoms with van der Waals surface area (Å²) in [6.07, 6.45) is -0.825. The molecule has 12 heteroatoms. The van der Waals surface area contributed by atoms with Gasteiger partial charge in [0.2, 0.25) is 17.7 Å². The van der Waals surface area contributed by atoms with E-state index in [-0.39, 0.29) is 30.7 Å². The molecule has 1 fully saturated rings. The van der Waals surface area contributed by atoms with Gasteiger partial charge in [0.25, 0.3) is 0 Å². The number of likely N-dealkylation sites (tertiary alicyclic amines) is 1.